The Hall–Kier alpha value is -0.900. The highest BCUT2D eigenvalue weighted by Gasteiger charge is 2.19. The van der Waals surface area contributed by atoms with E-state index in [2.05, 4.69) is 34.0 Å². The summed E-state index contributed by atoms with van der Waals surface area (Å²) in [6, 6.07) is 0. The highest BCUT2D eigenvalue weighted by molar-refractivity contribution is 9.10. The van der Waals surface area contributed by atoms with Crippen molar-refractivity contribution < 1.29 is 4.79 Å². The molecule has 1 aliphatic rings. The van der Waals surface area contributed by atoms with Crippen LogP contribution >= 0.6 is 15.9 Å². The summed E-state index contributed by atoms with van der Waals surface area (Å²) in [4.78, 5) is 12.1. The van der Waals surface area contributed by atoms with Gasteiger partial charge in [0.05, 0.1) is 22.3 Å². The van der Waals surface area contributed by atoms with Crippen LogP contribution in [0.15, 0.2) is 16.1 Å². The standard InChI is InChI=1S/C13H17BrN2O/c1-3-10-13(14)11(16(2)15-10)8-12(17)9-6-4-5-7-9/h6H,3-5,7-8H2,1-2H3. The molecule has 0 saturated heterocycles. The third-order valence-corrected chi connectivity index (χ3v) is 4.15. The topological polar surface area (TPSA) is 34.9 Å². The molecule has 0 bridgehead atoms. The number of carbonyl (C=O) groups is 1. The summed E-state index contributed by atoms with van der Waals surface area (Å²) in [7, 11) is 1.90. The van der Waals surface area contributed by atoms with Crippen molar-refractivity contribution in [2.45, 2.75) is 39.0 Å². The van der Waals surface area contributed by atoms with Gasteiger partial charge in [0, 0.05) is 7.05 Å². The number of hydrogen-bond acceptors (Lipinski definition) is 2. The number of aromatic nitrogens is 2. The Labute approximate surface area is 110 Å². The van der Waals surface area contributed by atoms with Crippen LogP contribution in [0.2, 0.25) is 0 Å². The number of allylic oxidation sites excluding steroid dienone is 2. The zero-order valence-corrected chi connectivity index (χ0v) is 11.9. The second-order valence-corrected chi connectivity index (χ2v) is 5.20. The van der Waals surface area contributed by atoms with E-state index >= 15 is 0 Å². The molecule has 2 rings (SSSR count). The predicted molar refractivity (Wildman–Crippen MR) is 70.9 cm³/mol. The van der Waals surface area contributed by atoms with E-state index in [0.29, 0.717) is 6.42 Å². The van der Waals surface area contributed by atoms with Gasteiger partial charge in [0.2, 0.25) is 0 Å². The van der Waals surface area contributed by atoms with Crippen molar-refractivity contribution in [2.24, 2.45) is 7.05 Å². The Morgan fingerprint density at radius 1 is 1.59 bits per heavy atom. The molecule has 17 heavy (non-hydrogen) atoms. The molecule has 1 aromatic rings. The maximum absolute atomic E-state index is 12.1. The molecule has 1 aliphatic carbocycles. The number of aryl methyl sites for hydroxylation is 2. The number of Topliss-reactive ketones (excluding diaryl/α,β-unsaturated/α-hetero) is 1. The van der Waals surface area contributed by atoms with Gasteiger partial charge in [0.15, 0.2) is 5.78 Å². The quantitative estimate of drug-likeness (QED) is 0.856. The van der Waals surface area contributed by atoms with Crippen molar-refractivity contribution in [1.29, 1.82) is 0 Å². The van der Waals surface area contributed by atoms with Crippen LogP contribution in [0.1, 0.15) is 37.6 Å². The van der Waals surface area contributed by atoms with Crippen LogP contribution in [0, 0.1) is 0 Å². The SMILES string of the molecule is CCc1nn(C)c(CC(=O)C2=CCCC2)c1Br. The van der Waals surface area contributed by atoms with Crippen LogP contribution in [0.4, 0.5) is 0 Å². The summed E-state index contributed by atoms with van der Waals surface area (Å²) < 4.78 is 2.81. The van der Waals surface area contributed by atoms with Crippen molar-refractivity contribution in [3.05, 3.63) is 27.5 Å². The van der Waals surface area contributed by atoms with Crippen molar-refractivity contribution >= 4 is 21.7 Å². The Balaban J connectivity index is 2.18. The lowest BCUT2D eigenvalue weighted by atomic mass is 10.1. The lowest BCUT2D eigenvalue weighted by Crippen LogP contribution is -2.09. The van der Waals surface area contributed by atoms with Gasteiger partial charge < -0.3 is 0 Å². The van der Waals surface area contributed by atoms with E-state index in [0.717, 1.165) is 47.1 Å². The van der Waals surface area contributed by atoms with Crippen molar-refractivity contribution in [2.75, 3.05) is 0 Å². The fourth-order valence-corrected chi connectivity index (χ4v) is 2.96. The first kappa shape index (κ1) is 12.6. The molecule has 0 unspecified atom stereocenters. The zero-order valence-electron chi connectivity index (χ0n) is 10.3. The largest absolute Gasteiger partial charge is 0.294 e. The monoisotopic (exact) mass is 296 g/mol. The molecular formula is C13H17BrN2O. The Kier molecular flexibility index (Phi) is 3.82. The van der Waals surface area contributed by atoms with Crippen LogP contribution in [0.3, 0.4) is 0 Å². The first-order chi connectivity index (χ1) is 8.13. The van der Waals surface area contributed by atoms with E-state index in [-0.39, 0.29) is 5.78 Å². The zero-order chi connectivity index (χ0) is 12.4. The molecule has 0 fully saturated rings. The van der Waals surface area contributed by atoms with E-state index in [4.69, 9.17) is 0 Å². The summed E-state index contributed by atoms with van der Waals surface area (Å²) in [6.45, 7) is 2.07. The summed E-state index contributed by atoms with van der Waals surface area (Å²) in [5.74, 6) is 0.244. The number of hydrogen-bond donors (Lipinski definition) is 0. The van der Waals surface area contributed by atoms with Crippen molar-refractivity contribution in [3.8, 4) is 0 Å². The molecule has 0 N–H and O–H groups in total. The fraction of sp³-hybridized carbons (Fsp3) is 0.538. The lowest BCUT2D eigenvalue weighted by Gasteiger charge is -2.03. The number of carbonyl (C=O) groups excluding carboxylic acids is 1. The molecule has 0 spiro atoms. The second kappa shape index (κ2) is 5.17. The van der Waals surface area contributed by atoms with Crippen molar-refractivity contribution in [1.82, 2.24) is 9.78 Å². The van der Waals surface area contributed by atoms with E-state index in [1.165, 1.54) is 0 Å². The summed E-state index contributed by atoms with van der Waals surface area (Å²) in [6.07, 6.45) is 6.52. The average molecular weight is 297 g/mol. The average Bonchev–Trinajstić information content (AvgIpc) is 2.92. The minimum absolute atomic E-state index is 0.244. The predicted octanol–water partition coefficient (Wildman–Crippen LogP) is 2.97. The first-order valence-electron chi connectivity index (χ1n) is 6.06. The molecule has 1 heterocycles. The van der Waals surface area contributed by atoms with E-state index < -0.39 is 0 Å². The molecule has 0 aromatic carbocycles. The fourth-order valence-electron chi connectivity index (χ4n) is 2.20. The third-order valence-electron chi connectivity index (χ3n) is 3.23. The van der Waals surface area contributed by atoms with Gasteiger partial charge in [-0.1, -0.05) is 13.0 Å². The van der Waals surface area contributed by atoms with Gasteiger partial charge in [-0.3, -0.25) is 9.48 Å². The maximum Gasteiger partial charge on any atom is 0.164 e. The number of nitrogens with zero attached hydrogens (tertiary/aromatic N) is 2. The molecule has 92 valence electrons. The number of ketones is 1. The summed E-state index contributed by atoms with van der Waals surface area (Å²) in [5.41, 5.74) is 3.01. The van der Waals surface area contributed by atoms with E-state index in [9.17, 15) is 4.79 Å². The van der Waals surface area contributed by atoms with Gasteiger partial charge in [-0.15, -0.1) is 0 Å². The molecule has 4 heteroatoms. The smallest absolute Gasteiger partial charge is 0.164 e. The van der Waals surface area contributed by atoms with Crippen LogP contribution in [-0.2, 0) is 24.7 Å². The minimum Gasteiger partial charge on any atom is -0.294 e. The molecular weight excluding hydrogens is 280 g/mol. The normalized spacial score (nSPS) is 15.1. The summed E-state index contributed by atoms with van der Waals surface area (Å²) >= 11 is 3.54. The maximum atomic E-state index is 12.1. The molecule has 0 saturated carbocycles. The van der Waals surface area contributed by atoms with Gasteiger partial charge in [0.25, 0.3) is 0 Å². The molecule has 0 amide bonds. The first-order valence-corrected chi connectivity index (χ1v) is 6.85. The van der Waals surface area contributed by atoms with Gasteiger partial charge in [-0.25, -0.2) is 0 Å². The molecule has 0 atom stereocenters. The number of rotatable bonds is 4. The number of halogens is 1. The molecule has 1 aromatic heterocycles. The Morgan fingerprint density at radius 3 is 2.88 bits per heavy atom. The van der Waals surface area contributed by atoms with E-state index in [1.54, 1.807) is 0 Å². The second-order valence-electron chi connectivity index (χ2n) is 4.41. The molecule has 0 radical (unpaired) electrons. The third kappa shape index (κ3) is 2.51. The molecule has 0 aliphatic heterocycles. The minimum atomic E-state index is 0.244. The van der Waals surface area contributed by atoms with Gasteiger partial charge in [0.1, 0.15) is 0 Å². The highest BCUT2D eigenvalue weighted by Crippen LogP contribution is 2.25. The Morgan fingerprint density at radius 2 is 2.35 bits per heavy atom. The van der Waals surface area contributed by atoms with Crippen LogP contribution in [0.5, 0.6) is 0 Å². The lowest BCUT2D eigenvalue weighted by molar-refractivity contribution is -0.115. The van der Waals surface area contributed by atoms with Gasteiger partial charge in [-0.05, 0) is 47.2 Å². The van der Waals surface area contributed by atoms with Crippen LogP contribution < -0.4 is 0 Å². The summed E-state index contributed by atoms with van der Waals surface area (Å²) in [5, 5.41) is 4.41. The van der Waals surface area contributed by atoms with Gasteiger partial charge >= 0.3 is 0 Å². The Bertz CT molecular complexity index is 474. The van der Waals surface area contributed by atoms with Crippen molar-refractivity contribution in [3.63, 3.8) is 0 Å². The van der Waals surface area contributed by atoms with Gasteiger partial charge in [-0.2, -0.15) is 5.10 Å². The highest BCUT2D eigenvalue weighted by atomic mass is 79.9. The molecule has 3 nitrogen and oxygen atoms in total. The van der Waals surface area contributed by atoms with E-state index in [1.807, 2.05) is 11.7 Å². The van der Waals surface area contributed by atoms with Crippen LogP contribution in [-0.4, -0.2) is 15.6 Å². The van der Waals surface area contributed by atoms with Crippen LogP contribution in [0.25, 0.3) is 0 Å².